The van der Waals surface area contributed by atoms with E-state index in [9.17, 15) is 9.59 Å². The average Bonchev–Trinajstić information content (AvgIpc) is 2.83. The molecule has 0 saturated heterocycles. The normalized spacial score (nSPS) is 10.6. The number of hydrogen-bond donors (Lipinski definition) is 2. The molecule has 3 rings (SSSR count). The Balaban J connectivity index is 1.25. The molecular formula is C27H29BrN2O3. The third kappa shape index (κ3) is 9.20. The van der Waals surface area contributed by atoms with Crippen molar-refractivity contribution >= 4 is 33.4 Å². The van der Waals surface area contributed by atoms with Crippen LogP contribution in [0.4, 0.5) is 5.69 Å². The third-order valence-electron chi connectivity index (χ3n) is 5.07. The van der Waals surface area contributed by atoms with E-state index < -0.39 is 0 Å². The minimum absolute atomic E-state index is 0.00517. The SMILES string of the molecule is O=C(COCc1ccc(Br)cc1)NCCCCCC(=O)Nc1cccc(-c2ccccc2)c1. The second-order valence-electron chi connectivity index (χ2n) is 7.77. The number of hydrogen-bond acceptors (Lipinski definition) is 3. The summed E-state index contributed by atoms with van der Waals surface area (Å²) >= 11 is 3.39. The maximum Gasteiger partial charge on any atom is 0.246 e. The monoisotopic (exact) mass is 508 g/mol. The summed E-state index contributed by atoms with van der Waals surface area (Å²) in [5.74, 6) is -0.117. The fraction of sp³-hybridized carbons (Fsp3) is 0.259. The van der Waals surface area contributed by atoms with Gasteiger partial charge in [-0.25, -0.2) is 0 Å². The maximum atomic E-state index is 12.3. The molecule has 0 heterocycles. The minimum atomic E-state index is -0.122. The van der Waals surface area contributed by atoms with E-state index in [-0.39, 0.29) is 18.4 Å². The molecule has 5 nitrogen and oxygen atoms in total. The van der Waals surface area contributed by atoms with Gasteiger partial charge in [-0.2, -0.15) is 0 Å². The van der Waals surface area contributed by atoms with Gasteiger partial charge in [0.05, 0.1) is 6.61 Å². The van der Waals surface area contributed by atoms with Gasteiger partial charge in [0, 0.05) is 23.1 Å². The van der Waals surface area contributed by atoms with Crippen LogP contribution in [0.3, 0.4) is 0 Å². The first kappa shape index (κ1) is 24.7. The van der Waals surface area contributed by atoms with E-state index in [0.29, 0.717) is 19.6 Å². The number of carbonyl (C=O) groups excluding carboxylic acids is 2. The number of rotatable bonds is 12. The summed E-state index contributed by atoms with van der Waals surface area (Å²) in [6, 6.07) is 25.8. The van der Waals surface area contributed by atoms with Gasteiger partial charge in [0.1, 0.15) is 6.61 Å². The lowest BCUT2D eigenvalue weighted by atomic mass is 10.1. The second kappa shape index (κ2) is 13.6. The number of benzene rings is 3. The van der Waals surface area contributed by atoms with Crippen molar-refractivity contribution in [3.8, 4) is 11.1 Å². The van der Waals surface area contributed by atoms with Crippen LogP contribution >= 0.6 is 15.9 Å². The fourth-order valence-corrected chi connectivity index (χ4v) is 3.60. The first-order chi connectivity index (χ1) is 16.1. The van der Waals surface area contributed by atoms with E-state index in [1.807, 2.05) is 78.9 Å². The molecule has 3 aromatic rings. The summed E-state index contributed by atoms with van der Waals surface area (Å²) in [4.78, 5) is 24.1. The zero-order chi connectivity index (χ0) is 23.3. The molecule has 3 aromatic carbocycles. The van der Waals surface area contributed by atoms with Crippen molar-refractivity contribution in [3.63, 3.8) is 0 Å². The maximum absolute atomic E-state index is 12.3. The van der Waals surface area contributed by atoms with Gasteiger partial charge < -0.3 is 15.4 Å². The fourth-order valence-electron chi connectivity index (χ4n) is 3.34. The molecule has 0 aromatic heterocycles. The molecule has 0 fully saturated rings. The molecule has 33 heavy (non-hydrogen) atoms. The largest absolute Gasteiger partial charge is 0.367 e. The number of halogens is 1. The number of nitrogens with one attached hydrogen (secondary N) is 2. The third-order valence-corrected chi connectivity index (χ3v) is 5.60. The Labute approximate surface area is 203 Å². The predicted octanol–water partition coefficient (Wildman–Crippen LogP) is 5.95. The molecule has 0 atom stereocenters. The zero-order valence-electron chi connectivity index (χ0n) is 18.6. The highest BCUT2D eigenvalue weighted by atomic mass is 79.9. The first-order valence-electron chi connectivity index (χ1n) is 11.1. The van der Waals surface area contributed by atoms with Gasteiger partial charge in [-0.1, -0.05) is 76.9 Å². The van der Waals surface area contributed by atoms with E-state index in [1.54, 1.807) is 0 Å². The highest BCUT2D eigenvalue weighted by Gasteiger charge is 2.05. The van der Waals surface area contributed by atoms with Gasteiger partial charge in [-0.15, -0.1) is 0 Å². The molecule has 0 bridgehead atoms. The van der Waals surface area contributed by atoms with Crippen LogP contribution in [0.15, 0.2) is 83.3 Å². The summed E-state index contributed by atoms with van der Waals surface area (Å²) < 4.78 is 6.46. The van der Waals surface area contributed by atoms with Crippen LogP contribution in [0.25, 0.3) is 11.1 Å². The van der Waals surface area contributed by atoms with Gasteiger partial charge in [0.25, 0.3) is 0 Å². The van der Waals surface area contributed by atoms with Crippen molar-refractivity contribution < 1.29 is 14.3 Å². The van der Waals surface area contributed by atoms with Crippen molar-refractivity contribution in [2.45, 2.75) is 32.3 Å². The van der Waals surface area contributed by atoms with Crippen molar-refractivity contribution in [2.75, 3.05) is 18.5 Å². The van der Waals surface area contributed by atoms with Gasteiger partial charge in [0.2, 0.25) is 11.8 Å². The Morgan fingerprint density at radius 2 is 1.55 bits per heavy atom. The lowest BCUT2D eigenvalue weighted by Crippen LogP contribution is -2.28. The van der Waals surface area contributed by atoms with Crippen LogP contribution in [0.5, 0.6) is 0 Å². The summed E-state index contributed by atoms with van der Waals surface area (Å²) in [6.07, 6.45) is 2.94. The first-order valence-corrected chi connectivity index (χ1v) is 11.9. The van der Waals surface area contributed by atoms with E-state index in [0.717, 1.165) is 46.1 Å². The van der Waals surface area contributed by atoms with E-state index in [4.69, 9.17) is 4.74 Å². The van der Waals surface area contributed by atoms with E-state index in [2.05, 4.69) is 26.6 Å². The van der Waals surface area contributed by atoms with Crippen LogP contribution in [-0.4, -0.2) is 25.0 Å². The van der Waals surface area contributed by atoms with Crippen LogP contribution in [0.2, 0.25) is 0 Å². The predicted molar refractivity (Wildman–Crippen MR) is 136 cm³/mol. The lowest BCUT2D eigenvalue weighted by Gasteiger charge is -2.08. The Hall–Kier alpha value is -2.96. The zero-order valence-corrected chi connectivity index (χ0v) is 20.1. The molecule has 0 unspecified atom stereocenters. The van der Waals surface area contributed by atoms with Crippen molar-refractivity contribution in [1.82, 2.24) is 5.32 Å². The smallest absolute Gasteiger partial charge is 0.246 e. The lowest BCUT2D eigenvalue weighted by molar-refractivity contribution is -0.126. The molecule has 0 aliphatic heterocycles. The summed E-state index contributed by atoms with van der Waals surface area (Å²) in [7, 11) is 0. The highest BCUT2D eigenvalue weighted by molar-refractivity contribution is 9.10. The molecule has 6 heteroatoms. The van der Waals surface area contributed by atoms with Gasteiger partial charge >= 0.3 is 0 Å². The molecule has 2 N–H and O–H groups in total. The van der Waals surface area contributed by atoms with Crippen LogP contribution in [0.1, 0.15) is 31.2 Å². The Bertz CT molecular complexity index is 1020. The molecule has 172 valence electrons. The number of ether oxygens (including phenoxy) is 1. The van der Waals surface area contributed by atoms with Crippen LogP contribution in [0, 0.1) is 0 Å². The highest BCUT2D eigenvalue weighted by Crippen LogP contribution is 2.22. The second-order valence-corrected chi connectivity index (χ2v) is 8.69. The summed E-state index contributed by atoms with van der Waals surface area (Å²) in [5.41, 5.74) is 4.02. The van der Waals surface area contributed by atoms with Crippen molar-refractivity contribution in [2.24, 2.45) is 0 Å². The van der Waals surface area contributed by atoms with Gasteiger partial charge in [-0.05, 0) is 53.8 Å². The van der Waals surface area contributed by atoms with E-state index in [1.165, 1.54) is 0 Å². The topological polar surface area (TPSA) is 67.4 Å². The molecule has 0 radical (unpaired) electrons. The number of amides is 2. The van der Waals surface area contributed by atoms with E-state index >= 15 is 0 Å². The number of unbranched alkanes of at least 4 members (excludes halogenated alkanes) is 2. The molecule has 0 aliphatic rings. The summed E-state index contributed by atoms with van der Waals surface area (Å²) in [6.45, 7) is 1.03. The van der Waals surface area contributed by atoms with Gasteiger partial charge in [0.15, 0.2) is 0 Å². The summed E-state index contributed by atoms with van der Waals surface area (Å²) in [5, 5.41) is 5.83. The Morgan fingerprint density at radius 1 is 0.788 bits per heavy atom. The average molecular weight is 509 g/mol. The Morgan fingerprint density at radius 3 is 2.33 bits per heavy atom. The molecule has 0 spiro atoms. The quantitative estimate of drug-likeness (QED) is 0.297. The standard InChI is InChI=1S/C27H29BrN2O3/c28-24-15-13-21(14-16-24)19-33-20-27(32)29-17-6-2-5-12-26(31)30-25-11-7-10-23(18-25)22-8-3-1-4-9-22/h1,3-4,7-11,13-16,18H,2,5-6,12,17,19-20H2,(H,29,32)(H,30,31). The molecular weight excluding hydrogens is 480 g/mol. The number of carbonyl (C=O) groups is 2. The Kier molecular flexibility index (Phi) is 10.1. The van der Waals surface area contributed by atoms with Crippen molar-refractivity contribution in [1.29, 1.82) is 0 Å². The van der Waals surface area contributed by atoms with Crippen molar-refractivity contribution in [3.05, 3.63) is 88.9 Å². The number of anilines is 1. The minimum Gasteiger partial charge on any atom is -0.367 e. The molecule has 2 amide bonds. The van der Waals surface area contributed by atoms with Crippen LogP contribution < -0.4 is 10.6 Å². The molecule has 0 saturated carbocycles. The molecule has 0 aliphatic carbocycles. The van der Waals surface area contributed by atoms with Gasteiger partial charge in [-0.3, -0.25) is 9.59 Å². The van der Waals surface area contributed by atoms with Crippen LogP contribution in [-0.2, 0) is 20.9 Å².